The van der Waals surface area contributed by atoms with Crippen molar-refractivity contribution in [3.05, 3.63) is 40.6 Å². The van der Waals surface area contributed by atoms with Gasteiger partial charge in [-0.15, -0.1) is 0 Å². The normalized spacial score (nSPS) is 29.6. The molecule has 1 aromatic rings. The van der Waals surface area contributed by atoms with Gasteiger partial charge in [0.15, 0.2) is 0 Å². The number of hydrogen-bond donors (Lipinski definition) is 1. The molecule has 2 aliphatic rings. The minimum atomic E-state index is -1.22. The van der Waals surface area contributed by atoms with Gasteiger partial charge in [-0.3, -0.25) is 4.79 Å². The number of allylic oxidation sites excluding steroid dienone is 2. The highest BCUT2D eigenvalue weighted by molar-refractivity contribution is 9.10. The lowest BCUT2D eigenvalue weighted by Crippen LogP contribution is -2.43. The van der Waals surface area contributed by atoms with Gasteiger partial charge in [-0.1, -0.05) is 28.1 Å². The van der Waals surface area contributed by atoms with Crippen LogP contribution in [0.3, 0.4) is 0 Å². The highest BCUT2D eigenvalue weighted by atomic mass is 79.9. The first-order valence-corrected chi connectivity index (χ1v) is 7.42. The van der Waals surface area contributed by atoms with Crippen molar-refractivity contribution in [3.63, 3.8) is 0 Å². The Kier molecular flexibility index (Phi) is 3.57. The molecule has 6 heteroatoms. The summed E-state index contributed by atoms with van der Waals surface area (Å²) >= 11 is 3.14. The molecule has 21 heavy (non-hydrogen) atoms. The molecular formula is C15H12BrFNO3-. The minimum absolute atomic E-state index is 0.0482. The summed E-state index contributed by atoms with van der Waals surface area (Å²) in [6, 6.07) is 4.29. The zero-order valence-corrected chi connectivity index (χ0v) is 12.5. The lowest BCUT2D eigenvalue weighted by Gasteiger charge is -2.27. The topological polar surface area (TPSA) is 69.2 Å². The van der Waals surface area contributed by atoms with Gasteiger partial charge in [0.2, 0.25) is 5.91 Å². The molecule has 3 rings (SSSR count). The molecule has 2 aliphatic carbocycles. The van der Waals surface area contributed by atoms with Crippen LogP contribution in [0.5, 0.6) is 0 Å². The van der Waals surface area contributed by atoms with E-state index in [2.05, 4.69) is 21.2 Å². The Hall–Kier alpha value is -1.69. The Morgan fingerprint density at radius 3 is 2.52 bits per heavy atom. The first kappa shape index (κ1) is 14.3. The van der Waals surface area contributed by atoms with Crippen LogP contribution in [-0.2, 0) is 9.59 Å². The first-order valence-electron chi connectivity index (χ1n) is 6.62. The van der Waals surface area contributed by atoms with Crippen LogP contribution >= 0.6 is 15.9 Å². The monoisotopic (exact) mass is 352 g/mol. The molecule has 0 saturated heterocycles. The van der Waals surface area contributed by atoms with Crippen molar-refractivity contribution in [3.8, 4) is 0 Å². The Balaban J connectivity index is 1.82. The van der Waals surface area contributed by atoms with Crippen LogP contribution < -0.4 is 10.4 Å². The molecule has 1 amide bonds. The second-order valence-corrected chi connectivity index (χ2v) is 6.35. The molecule has 0 heterocycles. The third-order valence-corrected chi connectivity index (χ3v) is 4.72. The summed E-state index contributed by atoms with van der Waals surface area (Å²) in [6.07, 6.45) is 4.33. The third-order valence-electron chi connectivity index (χ3n) is 4.22. The molecule has 0 spiro atoms. The molecule has 0 unspecified atom stereocenters. The fourth-order valence-electron chi connectivity index (χ4n) is 3.31. The largest absolute Gasteiger partial charge is 0.550 e. The highest BCUT2D eigenvalue weighted by Gasteiger charge is 2.48. The number of anilines is 1. The number of carbonyl (C=O) groups is 2. The number of halogens is 2. The van der Waals surface area contributed by atoms with Crippen molar-refractivity contribution in [1.82, 2.24) is 0 Å². The molecule has 4 nitrogen and oxygen atoms in total. The van der Waals surface area contributed by atoms with Crippen LogP contribution in [0.4, 0.5) is 10.1 Å². The number of amides is 1. The van der Waals surface area contributed by atoms with Crippen molar-refractivity contribution < 1.29 is 19.1 Å². The van der Waals surface area contributed by atoms with Crippen molar-refractivity contribution in [2.75, 3.05) is 5.32 Å². The highest BCUT2D eigenvalue weighted by Crippen LogP contribution is 2.48. The van der Waals surface area contributed by atoms with Crippen LogP contribution in [0.1, 0.15) is 6.42 Å². The van der Waals surface area contributed by atoms with Gasteiger partial charge in [0, 0.05) is 16.4 Å². The van der Waals surface area contributed by atoms with Crippen LogP contribution in [-0.4, -0.2) is 11.9 Å². The van der Waals surface area contributed by atoms with Gasteiger partial charge >= 0.3 is 0 Å². The molecule has 0 aliphatic heterocycles. The van der Waals surface area contributed by atoms with E-state index >= 15 is 0 Å². The number of carbonyl (C=O) groups excluding carboxylic acids is 2. The molecule has 0 aromatic heterocycles. The Labute approximate surface area is 129 Å². The Morgan fingerprint density at radius 1 is 1.24 bits per heavy atom. The maximum Gasteiger partial charge on any atom is 0.228 e. The van der Waals surface area contributed by atoms with E-state index in [4.69, 9.17) is 0 Å². The zero-order valence-electron chi connectivity index (χ0n) is 10.9. The summed E-state index contributed by atoms with van der Waals surface area (Å²) in [5.41, 5.74) is 0.0482. The van der Waals surface area contributed by atoms with Gasteiger partial charge in [-0.2, -0.15) is 0 Å². The Morgan fingerprint density at radius 2 is 1.90 bits per heavy atom. The van der Waals surface area contributed by atoms with Gasteiger partial charge in [-0.25, -0.2) is 4.39 Å². The third kappa shape index (κ3) is 2.48. The standard InChI is InChI=1S/C15H13BrFNO3/c16-9-3-4-11(10(17)6-9)18-14(19)12-7-1-2-8(5-7)13(12)15(20)21/h1-4,6-8,12-13H,5H2,(H,18,19)(H,20,21)/p-1/t7-,8-,12+,13-/m0/s1. The molecule has 1 N–H and O–H groups in total. The molecule has 1 fully saturated rings. The summed E-state index contributed by atoms with van der Waals surface area (Å²) in [5.74, 6) is -4.07. The van der Waals surface area contributed by atoms with Gasteiger partial charge < -0.3 is 15.2 Å². The number of aliphatic carboxylic acids is 1. The van der Waals surface area contributed by atoms with Gasteiger partial charge in [0.05, 0.1) is 11.6 Å². The summed E-state index contributed by atoms with van der Waals surface area (Å²) in [6.45, 7) is 0. The fraction of sp³-hybridized carbons (Fsp3) is 0.333. The van der Waals surface area contributed by atoms with Crippen LogP contribution in [0, 0.1) is 29.5 Å². The lowest BCUT2D eigenvalue weighted by molar-refractivity contribution is -0.313. The maximum absolute atomic E-state index is 13.8. The van der Waals surface area contributed by atoms with E-state index in [1.54, 1.807) is 6.07 Å². The fourth-order valence-corrected chi connectivity index (χ4v) is 3.64. The summed E-state index contributed by atoms with van der Waals surface area (Å²) in [4.78, 5) is 23.6. The molecule has 1 aromatic carbocycles. The predicted molar refractivity (Wildman–Crippen MR) is 75.5 cm³/mol. The van der Waals surface area contributed by atoms with E-state index in [9.17, 15) is 19.1 Å². The molecule has 1 saturated carbocycles. The molecule has 0 radical (unpaired) electrons. The SMILES string of the molecule is O=C([O-])[C@@H]1[C@H](C(=O)Nc2ccc(Br)cc2F)[C@H]2C=C[C@H]1C2. The number of benzene rings is 1. The second kappa shape index (κ2) is 5.26. The Bertz CT molecular complexity index is 646. The number of carboxylic acid groups (broad SMARTS) is 1. The summed E-state index contributed by atoms with van der Waals surface area (Å²) in [5, 5.41) is 13.8. The smallest absolute Gasteiger partial charge is 0.228 e. The van der Waals surface area contributed by atoms with Crippen LogP contribution in [0.2, 0.25) is 0 Å². The van der Waals surface area contributed by atoms with E-state index in [1.807, 2.05) is 12.2 Å². The van der Waals surface area contributed by atoms with Gasteiger partial charge in [0.25, 0.3) is 0 Å². The zero-order chi connectivity index (χ0) is 15.1. The second-order valence-electron chi connectivity index (χ2n) is 5.43. The number of fused-ring (bicyclic) bond motifs is 2. The van der Waals surface area contributed by atoms with Crippen molar-refractivity contribution in [1.29, 1.82) is 0 Å². The average Bonchev–Trinajstić information content (AvgIpc) is 3.02. The van der Waals surface area contributed by atoms with E-state index in [0.717, 1.165) is 0 Å². The van der Waals surface area contributed by atoms with Crippen LogP contribution in [0.15, 0.2) is 34.8 Å². The summed E-state index contributed by atoms with van der Waals surface area (Å²) < 4.78 is 14.3. The minimum Gasteiger partial charge on any atom is -0.550 e. The van der Waals surface area contributed by atoms with E-state index in [-0.39, 0.29) is 17.5 Å². The summed E-state index contributed by atoms with van der Waals surface area (Å²) in [7, 11) is 0. The number of nitrogens with one attached hydrogen (secondary N) is 1. The molecule has 110 valence electrons. The number of carboxylic acids is 1. The predicted octanol–water partition coefficient (Wildman–Crippen LogP) is 1.71. The van der Waals surface area contributed by atoms with Crippen molar-refractivity contribution >= 4 is 33.5 Å². The molecule has 4 atom stereocenters. The molecule has 2 bridgehead atoms. The van der Waals surface area contributed by atoms with Crippen molar-refractivity contribution in [2.24, 2.45) is 23.7 Å². The number of hydrogen-bond acceptors (Lipinski definition) is 3. The van der Waals surface area contributed by atoms with E-state index in [1.165, 1.54) is 12.1 Å². The van der Waals surface area contributed by atoms with Gasteiger partial charge in [0.1, 0.15) is 5.82 Å². The molecular weight excluding hydrogens is 341 g/mol. The number of rotatable bonds is 3. The van der Waals surface area contributed by atoms with Gasteiger partial charge in [-0.05, 0) is 36.5 Å². The first-order chi connectivity index (χ1) is 9.97. The van der Waals surface area contributed by atoms with E-state index in [0.29, 0.717) is 10.9 Å². The maximum atomic E-state index is 13.8. The lowest BCUT2D eigenvalue weighted by atomic mass is 9.82. The van der Waals surface area contributed by atoms with E-state index < -0.39 is 29.5 Å². The average molecular weight is 353 g/mol. The quantitative estimate of drug-likeness (QED) is 0.842. The van der Waals surface area contributed by atoms with Crippen LogP contribution in [0.25, 0.3) is 0 Å². The van der Waals surface area contributed by atoms with Crippen molar-refractivity contribution in [2.45, 2.75) is 6.42 Å².